The van der Waals surface area contributed by atoms with Gasteiger partial charge in [0.2, 0.25) is 0 Å². The lowest BCUT2D eigenvalue weighted by Gasteiger charge is -2.07. The molecule has 0 amide bonds. The van der Waals surface area contributed by atoms with Crippen molar-refractivity contribution in [1.82, 2.24) is 4.98 Å². The summed E-state index contributed by atoms with van der Waals surface area (Å²) >= 11 is 1.59. The molecule has 0 unspecified atom stereocenters. The molecule has 2 rings (SSSR count). The second-order valence-electron chi connectivity index (χ2n) is 6.10. The molecule has 0 aliphatic carbocycles. The molecule has 0 saturated heterocycles. The Hall–Kier alpha value is -1.27. The van der Waals surface area contributed by atoms with Crippen LogP contribution in [0.15, 0.2) is 23.7 Å². The van der Waals surface area contributed by atoms with Crippen molar-refractivity contribution in [2.75, 3.05) is 5.75 Å². The minimum atomic E-state index is -2.95. The van der Waals surface area contributed by atoms with Crippen molar-refractivity contribution in [3.63, 3.8) is 0 Å². The number of ketones is 1. The molecule has 0 saturated carbocycles. The van der Waals surface area contributed by atoms with Crippen molar-refractivity contribution < 1.29 is 13.2 Å². The first kappa shape index (κ1) is 18.1. The lowest BCUT2D eigenvalue weighted by atomic mass is 10.0. The lowest BCUT2D eigenvalue weighted by molar-refractivity contribution is -0.118. The van der Waals surface area contributed by atoms with E-state index in [9.17, 15) is 13.2 Å². The molecular formula is C17H23NO3S2. The third-order valence-electron chi connectivity index (χ3n) is 3.90. The zero-order valence-electron chi connectivity index (χ0n) is 13.6. The van der Waals surface area contributed by atoms with E-state index in [1.807, 2.05) is 23.7 Å². The number of fused-ring (bicyclic) bond motifs is 1. The molecule has 0 aliphatic heterocycles. The number of hydrogen-bond acceptors (Lipinski definition) is 5. The first-order chi connectivity index (χ1) is 10.9. The molecule has 1 aromatic heterocycles. The highest BCUT2D eigenvalue weighted by molar-refractivity contribution is 7.91. The van der Waals surface area contributed by atoms with Crippen LogP contribution in [0.2, 0.25) is 0 Å². The number of sulfone groups is 1. The van der Waals surface area contributed by atoms with Gasteiger partial charge in [0.25, 0.3) is 0 Å². The van der Waals surface area contributed by atoms with Crippen molar-refractivity contribution in [1.29, 1.82) is 0 Å². The maximum atomic E-state index is 12.0. The van der Waals surface area contributed by atoms with Gasteiger partial charge in [0, 0.05) is 12.8 Å². The van der Waals surface area contributed by atoms with Gasteiger partial charge < -0.3 is 0 Å². The summed E-state index contributed by atoms with van der Waals surface area (Å²) < 4.78 is 24.5. The maximum Gasteiger partial charge on any atom is 0.152 e. The Labute approximate surface area is 141 Å². The van der Waals surface area contributed by atoms with E-state index in [1.165, 1.54) is 0 Å². The van der Waals surface area contributed by atoms with Gasteiger partial charge in [-0.3, -0.25) is 4.79 Å². The average Bonchev–Trinajstić information content (AvgIpc) is 2.94. The molecule has 1 heterocycles. The Kier molecular flexibility index (Phi) is 6.30. The van der Waals surface area contributed by atoms with E-state index in [0.29, 0.717) is 19.3 Å². The summed E-state index contributed by atoms with van der Waals surface area (Å²) in [5, 5.41) is -0.315. The van der Waals surface area contributed by atoms with Gasteiger partial charge in [-0.1, -0.05) is 12.5 Å². The Morgan fingerprint density at radius 1 is 1.22 bits per heavy atom. The first-order valence-corrected chi connectivity index (χ1v) is 10.5. The fourth-order valence-corrected chi connectivity index (χ4v) is 4.10. The van der Waals surface area contributed by atoms with Crippen molar-refractivity contribution in [3.8, 4) is 0 Å². The van der Waals surface area contributed by atoms with E-state index >= 15 is 0 Å². The van der Waals surface area contributed by atoms with Crippen LogP contribution in [-0.2, 0) is 21.1 Å². The van der Waals surface area contributed by atoms with E-state index in [4.69, 9.17) is 0 Å². The Morgan fingerprint density at radius 2 is 2.00 bits per heavy atom. The minimum Gasteiger partial charge on any atom is -0.299 e. The Balaban J connectivity index is 1.71. The van der Waals surface area contributed by atoms with Gasteiger partial charge in [0.05, 0.1) is 26.7 Å². The molecule has 0 spiro atoms. The van der Waals surface area contributed by atoms with Crippen LogP contribution >= 0.6 is 11.3 Å². The molecule has 0 N–H and O–H groups in total. The number of benzene rings is 1. The SMILES string of the molecule is CC(C)S(=O)(=O)CCCCCC(=O)Cc1ccc2scnc2c1. The number of carbonyl (C=O) groups is 1. The van der Waals surface area contributed by atoms with Crippen molar-refractivity contribution in [2.24, 2.45) is 0 Å². The standard InChI is InChI=1S/C17H23NO3S2/c1-13(2)23(20,21)9-5-3-4-6-15(19)10-14-7-8-17-16(11-14)18-12-22-17/h7-8,11-13H,3-6,9-10H2,1-2H3. The molecule has 6 heteroatoms. The average molecular weight is 354 g/mol. The van der Waals surface area contributed by atoms with E-state index in [1.54, 1.807) is 25.2 Å². The van der Waals surface area contributed by atoms with E-state index < -0.39 is 9.84 Å². The number of carbonyl (C=O) groups excluding carboxylic acids is 1. The van der Waals surface area contributed by atoms with Crippen LogP contribution in [0.4, 0.5) is 0 Å². The van der Waals surface area contributed by atoms with Gasteiger partial charge in [-0.2, -0.15) is 0 Å². The second-order valence-corrected chi connectivity index (χ2v) is 9.66. The van der Waals surface area contributed by atoms with Crippen LogP contribution in [0, 0.1) is 0 Å². The zero-order valence-corrected chi connectivity index (χ0v) is 15.3. The van der Waals surface area contributed by atoms with Gasteiger partial charge in [0.15, 0.2) is 9.84 Å². The molecule has 0 fully saturated rings. The van der Waals surface area contributed by atoms with Crippen LogP contribution in [-0.4, -0.2) is 30.2 Å². The molecule has 0 radical (unpaired) electrons. The summed E-state index contributed by atoms with van der Waals surface area (Å²) in [4.78, 5) is 16.3. The van der Waals surface area contributed by atoms with Gasteiger partial charge in [0.1, 0.15) is 5.78 Å². The molecule has 1 aromatic carbocycles. The summed E-state index contributed by atoms with van der Waals surface area (Å²) in [6.45, 7) is 3.41. The van der Waals surface area contributed by atoms with Gasteiger partial charge in [-0.25, -0.2) is 13.4 Å². The summed E-state index contributed by atoms with van der Waals surface area (Å²) in [5.41, 5.74) is 3.75. The third kappa shape index (κ3) is 5.39. The lowest BCUT2D eigenvalue weighted by Crippen LogP contribution is -2.17. The van der Waals surface area contributed by atoms with Crippen LogP contribution < -0.4 is 0 Å². The van der Waals surface area contributed by atoms with E-state index in [2.05, 4.69) is 4.98 Å². The molecule has 4 nitrogen and oxygen atoms in total. The Bertz CT molecular complexity index is 763. The smallest absolute Gasteiger partial charge is 0.152 e. The van der Waals surface area contributed by atoms with Crippen LogP contribution in [0.25, 0.3) is 10.2 Å². The number of nitrogens with zero attached hydrogens (tertiary/aromatic N) is 1. The Morgan fingerprint density at radius 3 is 2.74 bits per heavy atom. The van der Waals surface area contributed by atoms with Gasteiger partial charge in [-0.15, -0.1) is 11.3 Å². The molecule has 0 atom stereocenters. The summed E-state index contributed by atoms with van der Waals surface area (Å²) in [6, 6.07) is 5.96. The van der Waals surface area contributed by atoms with E-state index in [0.717, 1.165) is 28.6 Å². The largest absolute Gasteiger partial charge is 0.299 e. The number of aromatic nitrogens is 1. The van der Waals surface area contributed by atoms with Gasteiger partial charge in [-0.05, 0) is 44.4 Å². The predicted octanol–water partition coefficient (Wildman–Crippen LogP) is 3.79. The molecule has 0 aliphatic rings. The quantitative estimate of drug-likeness (QED) is 0.643. The predicted molar refractivity (Wildman–Crippen MR) is 95.7 cm³/mol. The number of unbranched alkanes of at least 4 members (excludes halogenated alkanes) is 2. The van der Waals surface area contributed by atoms with Crippen molar-refractivity contribution in [2.45, 2.75) is 51.2 Å². The maximum absolute atomic E-state index is 12.0. The highest BCUT2D eigenvalue weighted by Crippen LogP contribution is 2.19. The van der Waals surface area contributed by atoms with Crippen LogP contribution in [0.1, 0.15) is 45.1 Å². The number of thiazole rings is 1. The van der Waals surface area contributed by atoms with E-state index in [-0.39, 0.29) is 16.8 Å². The monoisotopic (exact) mass is 353 g/mol. The summed E-state index contributed by atoms with van der Waals surface area (Å²) in [6.07, 6.45) is 3.11. The highest BCUT2D eigenvalue weighted by Gasteiger charge is 2.15. The first-order valence-electron chi connectivity index (χ1n) is 7.94. The van der Waals surface area contributed by atoms with Crippen LogP contribution in [0.3, 0.4) is 0 Å². The molecular weight excluding hydrogens is 330 g/mol. The van der Waals surface area contributed by atoms with Crippen LogP contribution in [0.5, 0.6) is 0 Å². The number of Topliss-reactive ketones (excluding diaryl/α,β-unsaturated/α-hetero) is 1. The zero-order chi connectivity index (χ0) is 16.9. The fraction of sp³-hybridized carbons (Fsp3) is 0.529. The molecule has 126 valence electrons. The molecule has 2 aromatic rings. The molecule has 23 heavy (non-hydrogen) atoms. The summed E-state index contributed by atoms with van der Waals surface area (Å²) in [7, 11) is -2.95. The highest BCUT2D eigenvalue weighted by atomic mass is 32.2. The second kappa shape index (κ2) is 8.02. The number of hydrogen-bond donors (Lipinski definition) is 0. The topological polar surface area (TPSA) is 64.1 Å². The molecule has 0 bridgehead atoms. The van der Waals surface area contributed by atoms with Gasteiger partial charge >= 0.3 is 0 Å². The minimum absolute atomic E-state index is 0.200. The fourth-order valence-electron chi connectivity index (χ4n) is 2.37. The van der Waals surface area contributed by atoms with Crippen molar-refractivity contribution >= 4 is 37.2 Å². The van der Waals surface area contributed by atoms with Crippen molar-refractivity contribution in [3.05, 3.63) is 29.3 Å². The third-order valence-corrected chi connectivity index (χ3v) is 7.00. The summed E-state index contributed by atoms with van der Waals surface area (Å²) in [5.74, 6) is 0.422. The normalized spacial score (nSPS) is 12.1. The number of rotatable bonds is 9.